The SMILES string of the molecule is O=C(NCc1cccnc1)C1CN(c2ccc3c(c2)CCN3)C1. The maximum absolute atomic E-state index is 12.2. The quantitative estimate of drug-likeness (QED) is 0.904. The number of nitrogens with one attached hydrogen (secondary N) is 2. The van der Waals surface area contributed by atoms with Crippen molar-refractivity contribution >= 4 is 17.3 Å². The molecule has 1 aromatic heterocycles. The Kier molecular flexibility index (Phi) is 3.61. The van der Waals surface area contributed by atoms with E-state index in [1.165, 1.54) is 16.9 Å². The number of hydrogen-bond donors (Lipinski definition) is 2. The van der Waals surface area contributed by atoms with Crippen LogP contribution in [0.4, 0.5) is 11.4 Å². The minimum Gasteiger partial charge on any atom is -0.384 e. The zero-order valence-corrected chi connectivity index (χ0v) is 13.0. The van der Waals surface area contributed by atoms with Crippen molar-refractivity contribution in [2.75, 3.05) is 29.9 Å². The van der Waals surface area contributed by atoms with Gasteiger partial charge in [-0.25, -0.2) is 0 Å². The molecule has 2 aliphatic heterocycles. The molecule has 3 heterocycles. The van der Waals surface area contributed by atoms with E-state index in [0.29, 0.717) is 6.54 Å². The van der Waals surface area contributed by atoms with E-state index >= 15 is 0 Å². The standard InChI is InChI=1S/C18H20N4O/c23-18(21-10-13-2-1-6-19-9-13)15-11-22(12-15)16-3-4-17-14(8-16)5-7-20-17/h1-4,6,8-9,15,20H,5,7,10-12H2,(H,21,23). The van der Waals surface area contributed by atoms with Crippen LogP contribution in [-0.4, -0.2) is 30.5 Å². The fourth-order valence-corrected chi connectivity index (χ4v) is 3.18. The molecule has 1 fully saturated rings. The smallest absolute Gasteiger partial charge is 0.226 e. The lowest BCUT2D eigenvalue weighted by Crippen LogP contribution is -2.53. The molecule has 1 aromatic carbocycles. The number of fused-ring (bicyclic) bond motifs is 1. The van der Waals surface area contributed by atoms with Crippen LogP contribution >= 0.6 is 0 Å². The van der Waals surface area contributed by atoms with Crippen LogP contribution in [0.15, 0.2) is 42.7 Å². The molecule has 0 radical (unpaired) electrons. The van der Waals surface area contributed by atoms with E-state index < -0.39 is 0 Å². The average molecular weight is 308 g/mol. The van der Waals surface area contributed by atoms with Crippen molar-refractivity contribution in [3.63, 3.8) is 0 Å². The first-order valence-electron chi connectivity index (χ1n) is 8.08. The van der Waals surface area contributed by atoms with Crippen molar-refractivity contribution in [1.29, 1.82) is 0 Å². The van der Waals surface area contributed by atoms with Crippen LogP contribution in [0.25, 0.3) is 0 Å². The highest BCUT2D eigenvalue weighted by Crippen LogP contribution is 2.31. The number of amides is 1. The van der Waals surface area contributed by atoms with Gasteiger partial charge in [0, 0.05) is 49.9 Å². The van der Waals surface area contributed by atoms with Crippen LogP contribution in [0.2, 0.25) is 0 Å². The number of anilines is 2. The lowest BCUT2D eigenvalue weighted by molar-refractivity contribution is -0.125. The van der Waals surface area contributed by atoms with Crippen LogP contribution in [0.1, 0.15) is 11.1 Å². The Labute approximate surface area is 135 Å². The van der Waals surface area contributed by atoms with E-state index in [-0.39, 0.29) is 11.8 Å². The van der Waals surface area contributed by atoms with Gasteiger partial charge in [-0.15, -0.1) is 0 Å². The summed E-state index contributed by atoms with van der Waals surface area (Å²) >= 11 is 0. The second-order valence-electron chi connectivity index (χ2n) is 6.20. The van der Waals surface area contributed by atoms with E-state index in [4.69, 9.17) is 0 Å². The summed E-state index contributed by atoms with van der Waals surface area (Å²) in [5.74, 6) is 0.214. The van der Waals surface area contributed by atoms with E-state index in [1.807, 2.05) is 12.1 Å². The Bertz CT molecular complexity index is 710. The van der Waals surface area contributed by atoms with Crippen molar-refractivity contribution < 1.29 is 4.79 Å². The summed E-state index contributed by atoms with van der Waals surface area (Å²) in [4.78, 5) is 18.5. The molecule has 23 heavy (non-hydrogen) atoms. The number of aromatic nitrogens is 1. The highest BCUT2D eigenvalue weighted by Gasteiger charge is 2.33. The topological polar surface area (TPSA) is 57.3 Å². The average Bonchev–Trinajstić information content (AvgIpc) is 3.00. The maximum Gasteiger partial charge on any atom is 0.226 e. The molecule has 0 spiro atoms. The Balaban J connectivity index is 1.30. The van der Waals surface area contributed by atoms with Gasteiger partial charge in [0.2, 0.25) is 5.91 Å². The van der Waals surface area contributed by atoms with Crippen LogP contribution in [0.5, 0.6) is 0 Å². The molecule has 0 bridgehead atoms. The third kappa shape index (κ3) is 2.86. The van der Waals surface area contributed by atoms with E-state index in [2.05, 4.69) is 38.7 Å². The summed E-state index contributed by atoms with van der Waals surface area (Å²) in [6.07, 6.45) is 4.61. The highest BCUT2D eigenvalue weighted by atomic mass is 16.2. The molecule has 5 nitrogen and oxygen atoms in total. The fourth-order valence-electron chi connectivity index (χ4n) is 3.18. The first-order valence-corrected chi connectivity index (χ1v) is 8.08. The normalized spacial score (nSPS) is 16.4. The van der Waals surface area contributed by atoms with Gasteiger partial charge >= 0.3 is 0 Å². The molecular weight excluding hydrogens is 288 g/mol. The number of nitrogens with zero attached hydrogens (tertiary/aromatic N) is 2. The first-order chi connectivity index (χ1) is 11.3. The van der Waals surface area contributed by atoms with Gasteiger partial charge < -0.3 is 15.5 Å². The Hall–Kier alpha value is -2.56. The van der Waals surface area contributed by atoms with Gasteiger partial charge in [-0.2, -0.15) is 0 Å². The van der Waals surface area contributed by atoms with Gasteiger partial charge in [0.25, 0.3) is 0 Å². The summed E-state index contributed by atoms with van der Waals surface area (Å²) in [6, 6.07) is 10.4. The maximum atomic E-state index is 12.2. The molecule has 5 heteroatoms. The molecule has 2 aliphatic rings. The largest absolute Gasteiger partial charge is 0.384 e. The van der Waals surface area contributed by atoms with Crippen molar-refractivity contribution in [3.05, 3.63) is 53.9 Å². The molecule has 1 saturated heterocycles. The molecular formula is C18H20N4O. The minimum atomic E-state index is 0.0815. The van der Waals surface area contributed by atoms with Crippen molar-refractivity contribution in [3.8, 4) is 0 Å². The van der Waals surface area contributed by atoms with Crippen molar-refractivity contribution in [1.82, 2.24) is 10.3 Å². The number of carbonyl (C=O) groups is 1. The predicted molar refractivity (Wildman–Crippen MR) is 90.4 cm³/mol. The van der Waals surface area contributed by atoms with E-state index in [0.717, 1.165) is 31.6 Å². The summed E-state index contributed by atoms with van der Waals surface area (Å²) in [5, 5.41) is 6.37. The molecule has 0 aliphatic carbocycles. The van der Waals surface area contributed by atoms with Gasteiger partial charge in [-0.3, -0.25) is 9.78 Å². The zero-order valence-electron chi connectivity index (χ0n) is 13.0. The zero-order chi connectivity index (χ0) is 15.6. The predicted octanol–water partition coefficient (Wildman–Crippen LogP) is 1.80. The van der Waals surface area contributed by atoms with Gasteiger partial charge in [0.05, 0.1) is 5.92 Å². The van der Waals surface area contributed by atoms with Gasteiger partial charge in [-0.1, -0.05) is 6.07 Å². The van der Waals surface area contributed by atoms with Crippen LogP contribution in [-0.2, 0) is 17.8 Å². The van der Waals surface area contributed by atoms with Gasteiger partial charge in [0.1, 0.15) is 0 Å². The molecule has 4 rings (SSSR count). The Morgan fingerprint density at radius 2 is 2.26 bits per heavy atom. The van der Waals surface area contributed by atoms with Crippen LogP contribution < -0.4 is 15.5 Å². The Morgan fingerprint density at radius 3 is 3.09 bits per heavy atom. The Morgan fingerprint density at radius 1 is 1.35 bits per heavy atom. The fraction of sp³-hybridized carbons (Fsp3) is 0.333. The first kappa shape index (κ1) is 14.1. The van der Waals surface area contributed by atoms with E-state index in [9.17, 15) is 4.79 Å². The molecule has 2 N–H and O–H groups in total. The monoisotopic (exact) mass is 308 g/mol. The highest BCUT2D eigenvalue weighted by molar-refractivity contribution is 5.82. The second kappa shape index (κ2) is 5.91. The number of pyridine rings is 1. The molecule has 0 saturated carbocycles. The third-order valence-corrected chi connectivity index (χ3v) is 4.61. The number of hydrogen-bond acceptors (Lipinski definition) is 4. The molecule has 118 valence electrons. The second-order valence-corrected chi connectivity index (χ2v) is 6.20. The summed E-state index contributed by atoms with van der Waals surface area (Å²) in [7, 11) is 0. The number of benzene rings is 1. The van der Waals surface area contributed by atoms with Crippen molar-refractivity contribution in [2.24, 2.45) is 5.92 Å². The molecule has 2 aromatic rings. The summed E-state index contributed by atoms with van der Waals surface area (Å²) in [5.41, 5.74) is 4.89. The number of carbonyl (C=O) groups excluding carboxylic acids is 1. The van der Waals surface area contributed by atoms with Crippen LogP contribution in [0, 0.1) is 5.92 Å². The molecule has 0 atom stereocenters. The molecule has 1 amide bonds. The number of rotatable bonds is 4. The van der Waals surface area contributed by atoms with Crippen LogP contribution in [0.3, 0.4) is 0 Å². The lowest BCUT2D eigenvalue weighted by Gasteiger charge is -2.40. The van der Waals surface area contributed by atoms with Crippen molar-refractivity contribution in [2.45, 2.75) is 13.0 Å². The minimum absolute atomic E-state index is 0.0815. The summed E-state index contributed by atoms with van der Waals surface area (Å²) < 4.78 is 0. The van der Waals surface area contributed by atoms with Gasteiger partial charge in [-0.05, 0) is 41.8 Å². The van der Waals surface area contributed by atoms with E-state index in [1.54, 1.807) is 12.4 Å². The summed E-state index contributed by atoms with van der Waals surface area (Å²) in [6.45, 7) is 3.17. The van der Waals surface area contributed by atoms with Gasteiger partial charge in [0.15, 0.2) is 0 Å². The molecule has 0 unspecified atom stereocenters. The third-order valence-electron chi connectivity index (χ3n) is 4.61. The lowest BCUT2D eigenvalue weighted by atomic mass is 9.97.